The second-order valence-electron chi connectivity index (χ2n) is 11.7. The molecule has 0 spiro atoms. The predicted molar refractivity (Wildman–Crippen MR) is 190 cm³/mol. The standard InChI is InChI=1S/C36H53N5O8S/c1-44-35(42)32-12-8-10-30(38-32)28-40-15-19-46-23-25-48-21-17-41(18-22-49-26-24-47-20-16-40)34(14-6-4-3-5-7-27-50-29-37)31-11-9-13-33(39-31)36(43)45-2/h8-13,34H,3-7,14-28H2,1-2H3. The van der Waals surface area contributed by atoms with Gasteiger partial charge in [0.1, 0.15) is 16.8 Å². The highest BCUT2D eigenvalue weighted by molar-refractivity contribution is 8.03. The second-order valence-corrected chi connectivity index (χ2v) is 12.6. The number of nitriles is 1. The fourth-order valence-corrected chi connectivity index (χ4v) is 6.00. The third-order valence-electron chi connectivity index (χ3n) is 8.22. The average Bonchev–Trinajstić information content (AvgIpc) is 3.14. The van der Waals surface area contributed by atoms with Gasteiger partial charge in [0.15, 0.2) is 0 Å². The molecule has 0 amide bonds. The summed E-state index contributed by atoms with van der Waals surface area (Å²) in [6.07, 6.45) is 6.21. The third kappa shape index (κ3) is 16.2. The van der Waals surface area contributed by atoms with Crippen molar-refractivity contribution in [1.82, 2.24) is 19.8 Å². The molecule has 1 aliphatic rings. The highest BCUT2D eigenvalue weighted by atomic mass is 32.2. The van der Waals surface area contributed by atoms with Gasteiger partial charge in [-0.2, -0.15) is 5.26 Å². The Morgan fingerprint density at radius 1 is 0.760 bits per heavy atom. The van der Waals surface area contributed by atoms with E-state index in [0.717, 1.165) is 55.7 Å². The van der Waals surface area contributed by atoms with E-state index in [4.69, 9.17) is 38.7 Å². The largest absolute Gasteiger partial charge is 0.464 e. The number of hydrogen-bond acceptors (Lipinski definition) is 14. The summed E-state index contributed by atoms with van der Waals surface area (Å²) in [4.78, 5) is 38.0. The summed E-state index contributed by atoms with van der Waals surface area (Å²) in [6.45, 7) is 7.05. The van der Waals surface area contributed by atoms with Gasteiger partial charge in [-0.25, -0.2) is 19.6 Å². The zero-order valence-corrected chi connectivity index (χ0v) is 30.4. The van der Waals surface area contributed by atoms with E-state index in [1.807, 2.05) is 18.2 Å². The summed E-state index contributed by atoms with van der Waals surface area (Å²) in [6, 6.07) is 10.8. The van der Waals surface area contributed by atoms with Gasteiger partial charge in [-0.15, -0.1) is 0 Å². The molecular formula is C36H53N5O8S. The first-order valence-electron chi connectivity index (χ1n) is 17.4. The number of thioether (sulfide) groups is 1. The molecule has 0 aromatic carbocycles. The van der Waals surface area contributed by atoms with Crippen LogP contribution in [0, 0.1) is 10.7 Å². The van der Waals surface area contributed by atoms with Crippen molar-refractivity contribution in [2.75, 3.05) is 99.0 Å². The maximum atomic E-state index is 12.3. The van der Waals surface area contributed by atoms with Gasteiger partial charge in [0.2, 0.25) is 0 Å². The van der Waals surface area contributed by atoms with Crippen LogP contribution in [0.2, 0.25) is 0 Å². The number of carbonyl (C=O) groups is 2. The van der Waals surface area contributed by atoms with Crippen LogP contribution in [0.1, 0.15) is 76.9 Å². The van der Waals surface area contributed by atoms with E-state index in [1.165, 1.54) is 26.0 Å². The molecule has 50 heavy (non-hydrogen) atoms. The van der Waals surface area contributed by atoms with E-state index in [1.54, 1.807) is 18.2 Å². The van der Waals surface area contributed by atoms with E-state index in [9.17, 15) is 9.59 Å². The Bertz CT molecular complexity index is 1280. The van der Waals surface area contributed by atoms with Crippen LogP contribution in [-0.4, -0.2) is 131 Å². The molecule has 14 heteroatoms. The molecule has 3 heterocycles. The summed E-state index contributed by atoms with van der Waals surface area (Å²) in [5.74, 6) is -0.0474. The number of methoxy groups -OCH3 is 2. The fourth-order valence-electron chi connectivity index (χ4n) is 5.56. The molecule has 0 radical (unpaired) electrons. The normalized spacial score (nSPS) is 17.1. The average molecular weight is 716 g/mol. The monoisotopic (exact) mass is 715 g/mol. The Hall–Kier alpha value is -3.16. The summed E-state index contributed by atoms with van der Waals surface area (Å²) in [5.41, 5.74) is 2.16. The van der Waals surface area contributed by atoms with Crippen molar-refractivity contribution in [3.05, 3.63) is 59.2 Å². The molecule has 1 aliphatic heterocycles. The first-order valence-corrected chi connectivity index (χ1v) is 18.4. The molecule has 1 atom stereocenters. The maximum Gasteiger partial charge on any atom is 0.356 e. The molecule has 1 unspecified atom stereocenters. The molecule has 0 N–H and O–H groups in total. The van der Waals surface area contributed by atoms with E-state index >= 15 is 0 Å². The van der Waals surface area contributed by atoms with Crippen molar-refractivity contribution >= 4 is 23.7 Å². The Kier molecular flexibility index (Phi) is 21.2. The Morgan fingerprint density at radius 3 is 1.90 bits per heavy atom. The number of pyridine rings is 2. The minimum Gasteiger partial charge on any atom is -0.464 e. The highest BCUT2D eigenvalue weighted by Crippen LogP contribution is 2.26. The lowest BCUT2D eigenvalue weighted by molar-refractivity contribution is 0.000253. The van der Waals surface area contributed by atoms with E-state index in [0.29, 0.717) is 85.6 Å². The van der Waals surface area contributed by atoms with Crippen molar-refractivity contribution in [2.45, 2.75) is 51.1 Å². The number of aromatic nitrogens is 2. The van der Waals surface area contributed by atoms with Crippen LogP contribution in [0.5, 0.6) is 0 Å². The molecule has 2 aromatic rings. The van der Waals surface area contributed by atoms with Crippen LogP contribution in [0.4, 0.5) is 0 Å². The van der Waals surface area contributed by atoms with Crippen LogP contribution in [-0.2, 0) is 35.0 Å². The number of nitrogens with zero attached hydrogens (tertiary/aromatic N) is 5. The van der Waals surface area contributed by atoms with E-state index in [2.05, 4.69) is 20.2 Å². The third-order valence-corrected chi connectivity index (χ3v) is 8.84. The minimum atomic E-state index is -0.462. The summed E-state index contributed by atoms with van der Waals surface area (Å²) >= 11 is 1.31. The van der Waals surface area contributed by atoms with Crippen LogP contribution >= 0.6 is 11.8 Å². The summed E-state index contributed by atoms with van der Waals surface area (Å²) in [5, 5.41) is 10.9. The zero-order valence-electron chi connectivity index (χ0n) is 29.6. The summed E-state index contributed by atoms with van der Waals surface area (Å²) < 4.78 is 33.6. The van der Waals surface area contributed by atoms with Gasteiger partial charge in [-0.05, 0) is 48.9 Å². The van der Waals surface area contributed by atoms with E-state index < -0.39 is 11.9 Å². The number of rotatable bonds is 14. The van der Waals surface area contributed by atoms with Gasteiger partial charge in [-0.3, -0.25) is 9.80 Å². The van der Waals surface area contributed by atoms with Crippen molar-refractivity contribution in [3.8, 4) is 5.40 Å². The van der Waals surface area contributed by atoms with Gasteiger partial charge in [0.25, 0.3) is 0 Å². The number of unbranched alkanes of at least 4 members (excludes halogenated alkanes) is 4. The van der Waals surface area contributed by atoms with Crippen molar-refractivity contribution in [2.24, 2.45) is 0 Å². The molecule has 0 aliphatic carbocycles. The van der Waals surface area contributed by atoms with Crippen LogP contribution < -0.4 is 0 Å². The predicted octanol–water partition coefficient (Wildman–Crippen LogP) is 4.53. The summed E-state index contributed by atoms with van der Waals surface area (Å²) in [7, 11) is 2.71. The molecule has 276 valence electrons. The molecule has 1 fully saturated rings. The topological polar surface area (TPSA) is 146 Å². The quantitative estimate of drug-likeness (QED) is 0.153. The lowest BCUT2D eigenvalue weighted by Gasteiger charge is -2.32. The van der Waals surface area contributed by atoms with E-state index in [-0.39, 0.29) is 17.4 Å². The van der Waals surface area contributed by atoms with Crippen LogP contribution in [0.3, 0.4) is 0 Å². The molecule has 3 rings (SSSR count). The van der Waals surface area contributed by atoms with Crippen molar-refractivity contribution < 1.29 is 38.0 Å². The number of ether oxygens (including phenoxy) is 6. The van der Waals surface area contributed by atoms with Gasteiger partial charge in [0.05, 0.1) is 84.5 Å². The molecule has 0 saturated carbocycles. The number of hydrogen-bond donors (Lipinski definition) is 0. The van der Waals surface area contributed by atoms with Gasteiger partial charge in [-0.1, -0.05) is 37.8 Å². The number of carbonyl (C=O) groups excluding carboxylic acids is 2. The Balaban J connectivity index is 1.59. The molecular weight excluding hydrogens is 662 g/mol. The zero-order chi connectivity index (χ0) is 35.7. The smallest absolute Gasteiger partial charge is 0.356 e. The second kappa shape index (κ2) is 25.7. The first kappa shape index (κ1) is 41.3. The molecule has 2 aromatic heterocycles. The molecule has 1 saturated heterocycles. The molecule has 13 nitrogen and oxygen atoms in total. The van der Waals surface area contributed by atoms with Gasteiger partial charge >= 0.3 is 11.9 Å². The van der Waals surface area contributed by atoms with Gasteiger partial charge in [0, 0.05) is 38.5 Å². The van der Waals surface area contributed by atoms with Crippen LogP contribution in [0.25, 0.3) is 0 Å². The highest BCUT2D eigenvalue weighted by Gasteiger charge is 2.23. The minimum absolute atomic E-state index is 0.0344. The fraction of sp³-hybridized carbons (Fsp3) is 0.639. The Labute approximate surface area is 300 Å². The number of thiocyanates is 1. The SMILES string of the molecule is COC(=O)c1cccc(CN2CCOCCOCCN(C(CCCCCCCSC#N)c3cccc(C(=O)OC)n3)CCOCCOCC2)n1. The maximum absolute atomic E-state index is 12.3. The van der Waals surface area contributed by atoms with Crippen molar-refractivity contribution in [1.29, 1.82) is 5.26 Å². The van der Waals surface area contributed by atoms with Crippen molar-refractivity contribution in [3.63, 3.8) is 0 Å². The lowest BCUT2D eigenvalue weighted by atomic mass is 10.0. The lowest BCUT2D eigenvalue weighted by Crippen LogP contribution is -2.36. The molecule has 0 bridgehead atoms. The van der Waals surface area contributed by atoms with Gasteiger partial charge < -0.3 is 28.4 Å². The first-order chi connectivity index (χ1) is 24.5. The van der Waals surface area contributed by atoms with Crippen LogP contribution in [0.15, 0.2) is 36.4 Å². The number of esters is 2. The Morgan fingerprint density at radius 2 is 1.30 bits per heavy atom.